The van der Waals surface area contributed by atoms with Gasteiger partial charge >= 0.3 is 13.6 Å². The first-order chi connectivity index (χ1) is 24.4. The third-order valence-electron chi connectivity index (χ3n) is 8.41. The Morgan fingerprint density at radius 2 is 1.84 bits per heavy atom. The van der Waals surface area contributed by atoms with Gasteiger partial charge in [0, 0.05) is 12.6 Å². The number of hydrogen-bond acceptors (Lipinski definition) is 10. The summed E-state index contributed by atoms with van der Waals surface area (Å²) in [5.41, 5.74) is 1.23. The Kier molecular flexibility index (Phi) is 13.7. The zero-order valence-corrected chi connectivity index (χ0v) is 30.0. The average Bonchev–Trinajstić information content (AvgIpc) is 3.61. The van der Waals surface area contributed by atoms with Gasteiger partial charge in [-0.1, -0.05) is 33.1 Å². The van der Waals surface area contributed by atoms with Crippen LogP contribution in [0.1, 0.15) is 73.8 Å². The van der Waals surface area contributed by atoms with Gasteiger partial charge in [0.25, 0.3) is 5.91 Å². The summed E-state index contributed by atoms with van der Waals surface area (Å²) in [7, 11) is -2.73. The largest absolute Gasteiger partial charge is 0.494 e. The minimum Gasteiger partial charge on any atom is -0.494 e. The molecule has 0 bridgehead atoms. The topological polar surface area (TPSA) is 197 Å². The molecule has 1 aliphatic heterocycles. The quantitative estimate of drug-likeness (QED) is 0.0484. The van der Waals surface area contributed by atoms with Gasteiger partial charge in [0.1, 0.15) is 23.9 Å². The van der Waals surface area contributed by atoms with Crippen molar-refractivity contribution in [2.45, 2.75) is 58.9 Å². The van der Waals surface area contributed by atoms with Crippen molar-refractivity contribution in [2.75, 3.05) is 38.4 Å². The van der Waals surface area contributed by atoms with Crippen molar-refractivity contribution in [1.82, 2.24) is 15.7 Å². The molecule has 3 amide bonds. The van der Waals surface area contributed by atoms with Gasteiger partial charge in [-0.15, -0.1) is 0 Å². The number of fused-ring (bicyclic) bond motifs is 1. The summed E-state index contributed by atoms with van der Waals surface area (Å²) in [5, 5.41) is 5.89. The molecule has 0 fully saturated rings. The van der Waals surface area contributed by atoms with Gasteiger partial charge in [0.15, 0.2) is 5.76 Å². The van der Waals surface area contributed by atoms with E-state index in [1.165, 1.54) is 30.3 Å². The maximum atomic E-state index is 13.6. The van der Waals surface area contributed by atoms with Gasteiger partial charge in [-0.05, 0) is 68.3 Å². The van der Waals surface area contributed by atoms with Gasteiger partial charge < -0.3 is 44.0 Å². The summed E-state index contributed by atoms with van der Waals surface area (Å²) in [4.78, 5) is 78.8. The molecule has 0 aliphatic carbocycles. The first kappa shape index (κ1) is 38.9. The van der Waals surface area contributed by atoms with Crippen LogP contribution in [0.5, 0.6) is 11.5 Å². The highest BCUT2D eigenvalue weighted by Crippen LogP contribution is 2.37. The Balaban J connectivity index is 1.42. The molecule has 2 atom stereocenters. The van der Waals surface area contributed by atoms with Gasteiger partial charge in [0.2, 0.25) is 12.3 Å². The van der Waals surface area contributed by atoms with Crippen LogP contribution >= 0.6 is 7.60 Å². The smallest absolute Gasteiger partial charge is 0.363 e. The van der Waals surface area contributed by atoms with Crippen LogP contribution in [0.2, 0.25) is 0 Å². The fraction of sp³-hybridized carbons (Fsp3) is 0.429. The SMILES string of the molecule is CCCCCC(C(=O)NCNC(=O)c1ccc(-c2cc(OCC)cc(P(=O)(O)O)c2)o1)C(CC)N(C=O)OC(=O)c1ccc2c(c1)N(C)CCO2. The predicted octanol–water partition coefficient (Wildman–Crippen LogP) is 3.99. The molecule has 0 saturated heterocycles. The van der Waals surface area contributed by atoms with E-state index in [4.69, 9.17) is 18.7 Å². The number of nitrogens with one attached hydrogen (secondary N) is 2. The zero-order valence-electron chi connectivity index (χ0n) is 29.1. The molecule has 0 saturated carbocycles. The number of carbonyl (C=O) groups is 4. The standard InChI is InChI=1S/C35H45N4O11P/c1-5-8-9-10-27(28(6-2)39(22-40)50-35(43)23-11-12-31-29(19-23)38(4)15-16-48-31)33(41)36-21-37-34(42)32-14-13-30(49-32)24-17-25(47-7-3)20-26(18-24)51(44,45)46/h11-14,17-20,22,27-28H,5-10,15-16,21H2,1-4H3,(H,36,41)(H,37,42)(H2,44,45,46). The number of ether oxygens (including phenoxy) is 2. The molecule has 3 aromatic rings. The highest BCUT2D eigenvalue weighted by Gasteiger charge is 2.34. The minimum absolute atomic E-state index is 0.108. The van der Waals surface area contributed by atoms with Crippen LogP contribution in [0.15, 0.2) is 52.9 Å². The second kappa shape index (κ2) is 17.9. The highest BCUT2D eigenvalue weighted by molar-refractivity contribution is 7.60. The van der Waals surface area contributed by atoms with Crippen LogP contribution in [0.3, 0.4) is 0 Å². The van der Waals surface area contributed by atoms with Gasteiger partial charge in [0.05, 0.1) is 48.3 Å². The number of unbranched alkanes of at least 4 members (excludes halogenated alkanes) is 2. The first-order valence-electron chi connectivity index (χ1n) is 16.8. The van der Waals surface area contributed by atoms with Crippen LogP contribution < -0.4 is 30.3 Å². The van der Waals surface area contributed by atoms with Crippen molar-refractivity contribution in [3.05, 3.63) is 59.9 Å². The number of anilines is 1. The summed E-state index contributed by atoms with van der Waals surface area (Å²) >= 11 is 0. The van der Waals surface area contributed by atoms with E-state index in [1.54, 1.807) is 32.0 Å². The van der Waals surface area contributed by atoms with Crippen molar-refractivity contribution in [2.24, 2.45) is 5.92 Å². The number of hydroxylamine groups is 2. The number of benzene rings is 2. The zero-order chi connectivity index (χ0) is 37.1. The summed E-state index contributed by atoms with van der Waals surface area (Å²) in [6.07, 6.45) is 3.50. The average molecular weight is 729 g/mol. The lowest BCUT2D eigenvalue weighted by Gasteiger charge is -2.32. The fourth-order valence-corrected chi connectivity index (χ4v) is 6.34. The van der Waals surface area contributed by atoms with Crippen LogP contribution in [0, 0.1) is 5.92 Å². The van der Waals surface area contributed by atoms with Gasteiger partial charge in [-0.25, -0.2) is 4.79 Å². The molecule has 0 spiro atoms. The van der Waals surface area contributed by atoms with E-state index in [0.29, 0.717) is 50.1 Å². The van der Waals surface area contributed by atoms with Crippen LogP contribution in [-0.2, 0) is 19.0 Å². The number of furan rings is 1. The molecule has 0 radical (unpaired) electrons. The second-order valence-corrected chi connectivity index (χ2v) is 13.6. The Labute approximate surface area is 296 Å². The molecule has 276 valence electrons. The van der Waals surface area contributed by atoms with E-state index in [9.17, 15) is 33.5 Å². The highest BCUT2D eigenvalue weighted by atomic mass is 31.2. The molecule has 2 unspecified atom stereocenters. The summed E-state index contributed by atoms with van der Waals surface area (Å²) in [6.45, 7) is 6.69. The lowest BCUT2D eigenvalue weighted by atomic mass is 9.90. The predicted molar refractivity (Wildman–Crippen MR) is 188 cm³/mol. The molecular formula is C35H45N4O11P. The molecule has 2 heterocycles. The van der Waals surface area contributed by atoms with E-state index in [1.807, 2.05) is 18.9 Å². The number of nitrogens with zero attached hydrogens (tertiary/aromatic N) is 2. The Morgan fingerprint density at radius 1 is 1.06 bits per heavy atom. The van der Waals surface area contributed by atoms with Crippen LogP contribution in [0.4, 0.5) is 5.69 Å². The molecule has 1 aromatic heterocycles. The third kappa shape index (κ3) is 10.1. The van der Waals surface area contributed by atoms with Crippen molar-refractivity contribution >= 4 is 42.8 Å². The Bertz CT molecular complexity index is 1740. The summed E-state index contributed by atoms with van der Waals surface area (Å²) < 4.78 is 28.7. The maximum Gasteiger partial charge on any atom is 0.363 e. The lowest BCUT2D eigenvalue weighted by Crippen LogP contribution is -2.49. The third-order valence-corrected chi connectivity index (χ3v) is 9.34. The normalized spacial score (nSPS) is 13.6. The summed E-state index contributed by atoms with van der Waals surface area (Å²) in [5.74, 6) is -1.72. The number of hydrogen-bond donors (Lipinski definition) is 4. The number of carbonyl (C=O) groups excluding carboxylic acids is 4. The number of rotatable bonds is 18. The Hall–Kier alpha value is -4.85. The first-order valence-corrected chi connectivity index (χ1v) is 18.4. The van der Waals surface area contributed by atoms with E-state index in [2.05, 4.69) is 10.6 Å². The fourth-order valence-electron chi connectivity index (χ4n) is 5.74. The molecule has 15 nitrogen and oxygen atoms in total. The van der Waals surface area contributed by atoms with Crippen LogP contribution in [0.25, 0.3) is 11.3 Å². The van der Waals surface area contributed by atoms with Crippen molar-refractivity contribution < 1.29 is 52.3 Å². The molecule has 4 rings (SSSR count). The summed E-state index contributed by atoms with van der Waals surface area (Å²) in [6, 6.07) is 11.0. The minimum atomic E-state index is -4.61. The van der Waals surface area contributed by atoms with E-state index in [-0.39, 0.29) is 41.4 Å². The van der Waals surface area contributed by atoms with Crippen molar-refractivity contribution in [1.29, 1.82) is 0 Å². The van der Waals surface area contributed by atoms with E-state index in [0.717, 1.165) is 23.6 Å². The molecule has 1 aliphatic rings. The number of likely N-dealkylation sites (N-methyl/N-ethyl adjacent to an activating group) is 1. The van der Waals surface area contributed by atoms with Gasteiger partial charge in [-0.2, -0.15) is 5.06 Å². The molecule has 51 heavy (non-hydrogen) atoms. The van der Waals surface area contributed by atoms with Gasteiger partial charge in [-0.3, -0.25) is 18.9 Å². The van der Waals surface area contributed by atoms with Crippen molar-refractivity contribution in [3.8, 4) is 22.8 Å². The molecule has 2 aromatic carbocycles. The maximum absolute atomic E-state index is 13.6. The van der Waals surface area contributed by atoms with Crippen molar-refractivity contribution in [3.63, 3.8) is 0 Å². The van der Waals surface area contributed by atoms with E-state index < -0.39 is 37.3 Å². The second-order valence-electron chi connectivity index (χ2n) is 12.0. The number of amides is 3. The molecule has 4 N–H and O–H groups in total. The molecule has 16 heteroatoms. The van der Waals surface area contributed by atoms with Crippen LogP contribution in [-0.4, -0.2) is 78.6 Å². The van der Waals surface area contributed by atoms with E-state index >= 15 is 0 Å². The Morgan fingerprint density at radius 3 is 2.53 bits per heavy atom. The lowest BCUT2D eigenvalue weighted by molar-refractivity contribution is -0.171. The monoisotopic (exact) mass is 728 g/mol. The molecular weight excluding hydrogens is 683 g/mol.